The van der Waals surface area contributed by atoms with E-state index in [-0.39, 0.29) is 0 Å². The molecule has 0 amide bonds. The number of imidazole rings is 1. The number of aromatic amines is 1. The van der Waals surface area contributed by atoms with Gasteiger partial charge >= 0.3 is 0 Å². The molecule has 2 N–H and O–H groups in total. The molecule has 0 spiro atoms. The molecule has 0 bridgehead atoms. The minimum atomic E-state index is 0.610. The molecule has 180 valence electrons. The van der Waals surface area contributed by atoms with Crippen molar-refractivity contribution in [3.8, 4) is 0 Å². The summed E-state index contributed by atoms with van der Waals surface area (Å²) in [6, 6.07) is 0.729. The third-order valence-electron chi connectivity index (χ3n) is 11.6. The summed E-state index contributed by atoms with van der Waals surface area (Å²) in [4.78, 5) is 7.40. The Balaban J connectivity index is 1.22. The van der Waals surface area contributed by atoms with Crippen LogP contribution >= 0.6 is 0 Å². The highest BCUT2D eigenvalue weighted by Gasteiger charge is 2.60. The maximum atomic E-state index is 4.16. The molecule has 5 rings (SSSR count). The second-order valence-corrected chi connectivity index (χ2v) is 12.9. The van der Waals surface area contributed by atoms with Gasteiger partial charge in [-0.1, -0.05) is 40.5 Å². The molecule has 0 saturated heterocycles. The number of fused-ring (bicyclic) bond motifs is 5. The molecule has 4 saturated carbocycles. The van der Waals surface area contributed by atoms with E-state index in [1.165, 1.54) is 76.3 Å². The van der Waals surface area contributed by atoms with Gasteiger partial charge in [0, 0.05) is 30.9 Å². The Kier molecular flexibility index (Phi) is 6.51. The van der Waals surface area contributed by atoms with Crippen molar-refractivity contribution in [1.29, 1.82) is 0 Å². The predicted octanol–water partition coefficient (Wildman–Crippen LogP) is 7.01. The predicted molar refractivity (Wildman–Crippen MR) is 133 cm³/mol. The lowest BCUT2D eigenvalue weighted by Gasteiger charge is -2.61. The van der Waals surface area contributed by atoms with Crippen LogP contribution in [0.15, 0.2) is 12.5 Å². The average Bonchev–Trinajstić information content (AvgIpc) is 3.41. The highest BCUT2D eigenvalue weighted by Crippen LogP contribution is 2.68. The standard InChI is InChI=1S/C29H49N3/c1-5-6-20(2)25-9-10-26-24-8-7-21-17-22(31-16-13-23-18-30-19-32-23)11-14-28(21,3)27(24)12-15-29(25,26)4/h18-22,24-27,31H,5-17H2,1-4H3,(H,30,32)/t20-,21?,22?,24?,25-,26?,27?,28+,29-/m1/s1. The topological polar surface area (TPSA) is 40.7 Å². The fourth-order valence-corrected chi connectivity index (χ4v) is 9.91. The zero-order chi connectivity index (χ0) is 22.3. The molecule has 3 heteroatoms. The van der Waals surface area contributed by atoms with Gasteiger partial charge in [-0.2, -0.15) is 0 Å². The van der Waals surface area contributed by atoms with Gasteiger partial charge in [-0.15, -0.1) is 0 Å². The fraction of sp³-hybridized carbons (Fsp3) is 0.897. The quantitative estimate of drug-likeness (QED) is 0.480. The first-order chi connectivity index (χ1) is 15.5. The van der Waals surface area contributed by atoms with Crippen LogP contribution < -0.4 is 5.32 Å². The molecule has 0 aliphatic heterocycles. The zero-order valence-corrected chi connectivity index (χ0v) is 21.3. The largest absolute Gasteiger partial charge is 0.348 e. The molecule has 3 nitrogen and oxygen atoms in total. The van der Waals surface area contributed by atoms with Crippen molar-refractivity contribution in [2.75, 3.05) is 6.54 Å². The van der Waals surface area contributed by atoms with Crippen LogP contribution in [0.25, 0.3) is 0 Å². The third-order valence-corrected chi connectivity index (χ3v) is 11.6. The molecule has 1 aromatic rings. The first-order valence-corrected chi connectivity index (χ1v) is 14.2. The van der Waals surface area contributed by atoms with Crippen molar-refractivity contribution >= 4 is 0 Å². The number of aromatic nitrogens is 2. The van der Waals surface area contributed by atoms with Gasteiger partial charge in [-0.25, -0.2) is 4.98 Å². The number of hydrogen-bond acceptors (Lipinski definition) is 2. The lowest BCUT2D eigenvalue weighted by Crippen LogP contribution is -2.55. The van der Waals surface area contributed by atoms with E-state index in [9.17, 15) is 0 Å². The fourth-order valence-electron chi connectivity index (χ4n) is 9.91. The minimum absolute atomic E-state index is 0.610. The second-order valence-electron chi connectivity index (χ2n) is 12.9. The maximum Gasteiger partial charge on any atom is 0.0921 e. The Morgan fingerprint density at radius 2 is 1.88 bits per heavy atom. The summed E-state index contributed by atoms with van der Waals surface area (Å²) < 4.78 is 0. The van der Waals surface area contributed by atoms with Crippen LogP contribution in [-0.2, 0) is 6.42 Å². The van der Waals surface area contributed by atoms with Crippen molar-refractivity contribution in [2.45, 2.75) is 111 Å². The molecule has 4 fully saturated rings. The van der Waals surface area contributed by atoms with E-state index in [0.29, 0.717) is 10.8 Å². The molecule has 4 aliphatic carbocycles. The average molecular weight is 440 g/mol. The summed E-state index contributed by atoms with van der Waals surface area (Å²) in [6.07, 6.45) is 21.0. The van der Waals surface area contributed by atoms with Gasteiger partial charge in [-0.05, 0) is 104 Å². The summed E-state index contributed by atoms with van der Waals surface area (Å²) in [6.45, 7) is 11.5. The van der Waals surface area contributed by atoms with Gasteiger partial charge in [0.2, 0.25) is 0 Å². The van der Waals surface area contributed by atoms with E-state index < -0.39 is 0 Å². The molecular formula is C29H49N3. The zero-order valence-electron chi connectivity index (χ0n) is 21.3. The van der Waals surface area contributed by atoms with E-state index in [0.717, 1.165) is 54.5 Å². The maximum absolute atomic E-state index is 4.16. The van der Waals surface area contributed by atoms with E-state index in [1.54, 1.807) is 6.33 Å². The van der Waals surface area contributed by atoms with Crippen molar-refractivity contribution in [1.82, 2.24) is 15.3 Å². The van der Waals surface area contributed by atoms with Crippen molar-refractivity contribution in [3.05, 3.63) is 18.2 Å². The highest BCUT2D eigenvalue weighted by molar-refractivity contribution is 5.10. The van der Waals surface area contributed by atoms with Gasteiger partial charge in [0.15, 0.2) is 0 Å². The Morgan fingerprint density at radius 1 is 1.06 bits per heavy atom. The minimum Gasteiger partial charge on any atom is -0.348 e. The van der Waals surface area contributed by atoms with Gasteiger partial charge in [0.25, 0.3) is 0 Å². The Hall–Kier alpha value is -0.830. The van der Waals surface area contributed by atoms with Crippen LogP contribution in [0.4, 0.5) is 0 Å². The summed E-state index contributed by atoms with van der Waals surface area (Å²) in [7, 11) is 0. The number of nitrogens with one attached hydrogen (secondary N) is 2. The molecule has 0 aromatic carbocycles. The number of rotatable bonds is 7. The molecule has 5 unspecified atom stereocenters. The van der Waals surface area contributed by atoms with Crippen LogP contribution in [0.1, 0.15) is 104 Å². The highest BCUT2D eigenvalue weighted by atomic mass is 14.9. The Morgan fingerprint density at radius 3 is 2.66 bits per heavy atom. The van der Waals surface area contributed by atoms with Crippen molar-refractivity contribution in [2.24, 2.45) is 46.3 Å². The van der Waals surface area contributed by atoms with E-state index >= 15 is 0 Å². The van der Waals surface area contributed by atoms with Gasteiger partial charge < -0.3 is 10.3 Å². The van der Waals surface area contributed by atoms with Crippen LogP contribution in [0.2, 0.25) is 0 Å². The third kappa shape index (κ3) is 3.89. The Bertz CT molecular complexity index is 744. The smallest absolute Gasteiger partial charge is 0.0921 e. The van der Waals surface area contributed by atoms with Crippen LogP contribution in [0.5, 0.6) is 0 Å². The second kappa shape index (κ2) is 9.08. The molecule has 9 atom stereocenters. The van der Waals surface area contributed by atoms with Gasteiger partial charge in [-0.3, -0.25) is 0 Å². The molecule has 32 heavy (non-hydrogen) atoms. The summed E-state index contributed by atoms with van der Waals surface area (Å²) in [5.74, 6) is 5.93. The molecule has 1 aromatic heterocycles. The lowest BCUT2D eigenvalue weighted by molar-refractivity contribution is -0.117. The van der Waals surface area contributed by atoms with E-state index in [2.05, 4.69) is 43.0 Å². The first-order valence-electron chi connectivity index (χ1n) is 14.2. The molecule has 4 aliphatic rings. The summed E-state index contributed by atoms with van der Waals surface area (Å²) in [5.41, 5.74) is 2.51. The SMILES string of the molecule is CCC[C@@H](C)[C@H]1CCC2C3CCC4CC(NCCc5cnc[nH]5)CC[C@]4(C)C3CC[C@@]21C. The van der Waals surface area contributed by atoms with E-state index in [1.807, 2.05) is 6.20 Å². The summed E-state index contributed by atoms with van der Waals surface area (Å²) in [5, 5.41) is 3.91. The number of hydrogen-bond donors (Lipinski definition) is 2. The van der Waals surface area contributed by atoms with Crippen molar-refractivity contribution < 1.29 is 0 Å². The molecular weight excluding hydrogens is 390 g/mol. The normalized spacial score (nSPS) is 44.5. The van der Waals surface area contributed by atoms with Crippen LogP contribution in [-0.4, -0.2) is 22.6 Å². The number of nitrogens with zero attached hydrogens (tertiary/aromatic N) is 1. The van der Waals surface area contributed by atoms with Crippen LogP contribution in [0, 0.1) is 46.3 Å². The molecule has 0 radical (unpaired) electrons. The van der Waals surface area contributed by atoms with Gasteiger partial charge in [0.1, 0.15) is 0 Å². The lowest BCUT2D eigenvalue weighted by atomic mass is 9.44. The monoisotopic (exact) mass is 439 g/mol. The summed E-state index contributed by atoms with van der Waals surface area (Å²) >= 11 is 0. The Labute approximate surface area is 197 Å². The molecule has 1 heterocycles. The van der Waals surface area contributed by atoms with Gasteiger partial charge in [0.05, 0.1) is 6.33 Å². The van der Waals surface area contributed by atoms with E-state index in [4.69, 9.17) is 0 Å². The number of H-pyrrole nitrogens is 1. The van der Waals surface area contributed by atoms with Crippen LogP contribution in [0.3, 0.4) is 0 Å². The first kappa shape index (κ1) is 22.9. The van der Waals surface area contributed by atoms with Crippen molar-refractivity contribution in [3.63, 3.8) is 0 Å².